The Bertz CT molecular complexity index is 934. The Labute approximate surface area is 152 Å². The monoisotopic (exact) mass is 379 g/mol. The van der Waals surface area contributed by atoms with Crippen LogP contribution in [0.4, 0.5) is 13.2 Å². The molecule has 26 heavy (non-hydrogen) atoms. The zero-order valence-corrected chi connectivity index (χ0v) is 14.5. The molecular weight excluding hydrogens is 363 g/mol. The Morgan fingerprint density at radius 1 is 1.12 bits per heavy atom. The second-order valence-electron chi connectivity index (χ2n) is 5.85. The van der Waals surface area contributed by atoms with E-state index in [9.17, 15) is 18.0 Å². The van der Waals surface area contributed by atoms with E-state index < -0.39 is 17.7 Å². The summed E-state index contributed by atoms with van der Waals surface area (Å²) in [6, 6.07) is 13.0. The molecule has 0 atom stereocenters. The van der Waals surface area contributed by atoms with Gasteiger partial charge >= 0.3 is 12.1 Å². The van der Waals surface area contributed by atoms with Crippen LogP contribution in [0.1, 0.15) is 17.5 Å². The molecule has 0 aliphatic heterocycles. The first-order valence-corrected chi connectivity index (χ1v) is 8.78. The molecule has 0 fully saturated rings. The van der Waals surface area contributed by atoms with Crippen molar-refractivity contribution in [3.8, 4) is 10.4 Å². The van der Waals surface area contributed by atoms with Crippen LogP contribution in [0.3, 0.4) is 0 Å². The van der Waals surface area contributed by atoms with Crippen molar-refractivity contribution in [2.75, 3.05) is 6.54 Å². The van der Waals surface area contributed by atoms with Crippen LogP contribution < -0.4 is 5.32 Å². The Morgan fingerprint density at radius 2 is 1.88 bits per heavy atom. The summed E-state index contributed by atoms with van der Waals surface area (Å²) in [6.07, 6.45) is -4.36. The zero-order valence-electron chi connectivity index (χ0n) is 13.6. The van der Waals surface area contributed by atoms with Gasteiger partial charge in [0.2, 0.25) is 0 Å². The van der Waals surface area contributed by atoms with E-state index in [-0.39, 0.29) is 12.0 Å². The second kappa shape index (κ2) is 7.47. The number of hydrogen-bond acceptors (Lipinski definition) is 3. The maximum Gasteiger partial charge on any atom is 0.417 e. The molecule has 136 valence electrons. The standard InChI is InChI=1S/C19H16F3NO2S/c20-19(21,22)15-4-2-1-3-14(15)17-10-13-9-12(5-6-16(13)26-17)11-23-8-7-18(24)25/h1-6,9-10,23H,7-8,11H2,(H,24,25). The van der Waals surface area contributed by atoms with Gasteiger partial charge in [0, 0.05) is 28.2 Å². The first-order chi connectivity index (χ1) is 12.3. The minimum absolute atomic E-state index is 0.0407. The molecule has 0 unspecified atom stereocenters. The topological polar surface area (TPSA) is 49.3 Å². The largest absolute Gasteiger partial charge is 0.481 e. The lowest BCUT2D eigenvalue weighted by Crippen LogP contribution is -2.17. The number of fused-ring (bicyclic) bond motifs is 1. The zero-order chi connectivity index (χ0) is 18.7. The van der Waals surface area contributed by atoms with Gasteiger partial charge in [-0.1, -0.05) is 24.3 Å². The molecule has 1 heterocycles. The lowest BCUT2D eigenvalue weighted by molar-refractivity contribution is -0.137. The van der Waals surface area contributed by atoms with Crippen molar-refractivity contribution in [2.45, 2.75) is 19.1 Å². The number of nitrogens with one attached hydrogen (secondary N) is 1. The maximum atomic E-state index is 13.2. The summed E-state index contributed by atoms with van der Waals surface area (Å²) in [4.78, 5) is 11.1. The highest BCUT2D eigenvalue weighted by atomic mass is 32.1. The fourth-order valence-corrected chi connectivity index (χ4v) is 3.79. The van der Waals surface area contributed by atoms with Crippen molar-refractivity contribution >= 4 is 27.4 Å². The summed E-state index contributed by atoms with van der Waals surface area (Å²) >= 11 is 1.32. The van der Waals surface area contributed by atoms with Gasteiger partial charge in [-0.25, -0.2) is 0 Å². The quantitative estimate of drug-likeness (QED) is 0.582. The van der Waals surface area contributed by atoms with Crippen molar-refractivity contribution in [1.82, 2.24) is 5.32 Å². The van der Waals surface area contributed by atoms with Gasteiger partial charge in [0.1, 0.15) is 0 Å². The molecule has 3 rings (SSSR count). The number of carboxylic acid groups (broad SMARTS) is 1. The van der Waals surface area contributed by atoms with E-state index in [1.807, 2.05) is 18.2 Å². The van der Waals surface area contributed by atoms with Crippen molar-refractivity contribution in [1.29, 1.82) is 0 Å². The first kappa shape index (κ1) is 18.4. The maximum absolute atomic E-state index is 13.2. The SMILES string of the molecule is O=C(O)CCNCc1ccc2sc(-c3ccccc3C(F)(F)F)cc2c1. The van der Waals surface area contributed by atoms with E-state index in [0.29, 0.717) is 18.0 Å². The van der Waals surface area contributed by atoms with Crippen LogP contribution in [0.5, 0.6) is 0 Å². The number of halogens is 3. The number of carbonyl (C=O) groups is 1. The molecule has 0 amide bonds. The average Bonchev–Trinajstić information content (AvgIpc) is 3.01. The predicted octanol–water partition coefficient (Wildman–Crippen LogP) is 5.15. The molecule has 1 aromatic heterocycles. The van der Waals surface area contributed by atoms with Crippen LogP contribution >= 0.6 is 11.3 Å². The summed E-state index contributed by atoms with van der Waals surface area (Å²) < 4.78 is 40.6. The van der Waals surface area contributed by atoms with Crippen molar-refractivity contribution in [2.24, 2.45) is 0 Å². The molecular formula is C19H16F3NO2S. The summed E-state index contributed by atoms with van der Waals surface area (Å²) in [6.45, 7) is 0.870. The fraction of sp³-hybridized carbons (Fsp3) is 0.211. The van der Waals surface area contributed by atoms with Gasteiger partial charge in [-0.2, -0.15) is 13.2 Å². The van der Waals surface area contributed by atoms with E-state index in [1.54, 1.807) is 12.1 Å². The highest BCUT2D eigenvalue weighted by molar-refractivity contribution is 7.22. The van der Waals surface area contributed by atoms with Gasteiger partial charge in [-0.05, 0) is 35.2 Å². The molecule has 0 aliphatic carbocycles. The number of benzene rings is 2. The van der Waals surface area contributed by atoms with Gasteiger partial charge in [0.15, 0.2) is 0 Å². The molecule has 0 bridgehead atoms. The Hall–Kier alpha value is -2.38. The van der Waals surface area contributed by atoms with E-state index in [2.05, 4.69) is 5.32 Å². The number of thiophene rings is 1. The second-order valence-corrected chi connectivity index (χ2v) is 6.93. The summed E-state index contributed by atoms with van der Waals surface area (Å²) in [7, 11) is 0. The summed E-state index contributed by atoms with van der Waals surface area (Å²) in [5, 5.41) is 12.5. The Morgan fingerprint density at radius 3 is 2.62 bits per heavy atom. The smallest absolute Gasteiger partial charge is 0.417 e. The van der Waals surface area contributed by atoms with E-state index in [4.69, 9.17) is 5.11 Å². The molecule has 0 spiro atoms. The molecule has 3 nitrogen and oxygen atoms in total. The molecule has 0 radical (unpaired) electrons. The lowest BCUT2D eigenvalue weighted by atomic mass is 10.0. The molecule has 2 aromatic carbocycles. The van der Waals surface area contributed by atoms with Gasteiger partial charge in [0.25, 0.3) is 0 Å². The molecule has 3 aromatic rings. The van der Waals surface area contributed by atoms with Gasteiger partial charge < -0.3 is 10.4 Å². The van der Waals surface area contributed by atoms with Crippen LogP contribution in [0.25, 0.3) is 20.5 Å². The highest BCUT2D eigenvalue weighted by Crippen LogP contribution is 2.41. The minimum atomic E-state index is -4.40. The lowest BCUT2D eigenvalue weighted by Gasteiger charge is -2.10. The predicted molar refractivity (Wildman–Crippen MR) is 96.2 cm³/mol. The number of aliphatic carboxylic acids is 1. The number of hydrogen-bond donors (Lipinski definition) is 2. The van der Waals surface area contributed by atoms with Gasteiger partial charge in [-0.15, -0.1) is 11.3 Å². The Kier molecular flexibility index (Phi) is 5.29. The van der Waals surface area contributed by atoms with Crippen LogP contribution in [0.2, 0.25) is 0 Å². The van der Waals surface area contributed by atoms with Crippen LogP contribution in [-0.2, 0) is 17.5 Å². The molecule has 0 aliphatic rings. The molecule has 2 N–H and O–H groups in total. The molecule has 0 saturated carbocycles. The van der Waals surface area contributed by atoms with Crippen LogP contribution in [-0.4, -0.2) is 17.6 Å². The normalized spacial score (nSPS) is 11.8. The summed E-state index contributed by atoms with van der Waals surface area (Å²) in [5.41, 5.74) is 0.501. The van der Waals surface area contributed by atoms with Crippen LogP contribution in [0, 0.1) is 0 Å². The fourth-order valence-electron chi connectivity index (χ4n) is 2.71. The molecule has 7 heteroatoms. The number of carboxylic acids is 1. The number of alkyl halides is 3. The minimum Gasteiger partial charge on any atom is -0.481 e. The Balaban J connectivity index is 1.85. The first-order valence-electron chi connectivity index (χ1n) is 7.96. The van der Waals surface area contributed by atoms with Crippen molar-refractivity contribution in [3.63, 3.8) is 0 Å². The molecule has 0 saturated heterocycles. The van der Waals surface area contributed by atoms with Crippen LogP contribution in [0.15, 0.2) is 48.5 Å². The third kappa shape index (κ3) is 4.23. The van der Waals surface area contributed by atoms with Crippen molar-refractivity contribution in [3.05, 3.63) is 59.7 Å². The van der Waals surface area contributed by atoms with E-state index in [0.717, 1.165) is 21.7 Å². The number of rotatable bonds is 6. The van der Waals surface area contributed by atoms with Crippen molar-refractivity contribution < 1.29 is 23.1 Å². The van der Waals surface area contributed by atoms with Gasteiger partial charge in [-0.3, -0.25) is 4.79 Å². The third-order valence-corrected chi connectivity index (χ3v) is 5.07. The van der Waals surface area contributed by atoms with Gasteiger partial charge in [0.05, 0.1) is 12.0 Å². The van der Waals surface area contributed by atoms with E-state index in [1.165, 1.54) is 23.5 Å². The van der Waals surface area contributed by atoms with E-state index >= 15 is 0 Å². The highest BCUT2D eigenvalue weighted by Gasteiger charge is 2.33. The third-order valence-electron chi connectivity index (χ3n) is 3.92. The average molecular weight is 379 g/mol. The summed E-state index contributed by atoms with van der Waals surface area (Å²) in [5.74, 6) is -0.862.